The van der Waals surface area contributed by atoms with E-state index in [2.05, 4.69) is 34.6 Å². The number of hydrogen-bond donors (Lipinski definition) is 2. The number of hydrogen-bond acceptors (Lipinski definition) is 5. The summed E-state index contributed by atoms with van der Waals surface area (Å²) in [5, 5.41) is 10.6. The van der Waals surface area contributed by atoms with Gasteiger partial charge in [0.2, 0.25) is 0 Å². The zero-order chi connectivity index (χ0) is 22.8. The number of aromatic nitrogens is 1. The summed E-state index contributed by atoms with van der Waals surface area (Å²) < 4.78 is 16.9. The summed E-state index contributed by atoms with van der Waals surface area (Å²) in [6.45, 7) is 8.47. The number of guanidine groups is 1. The van der Waals surface area contributed by atoms with Crippen LogP contribution in [0.15, 0.2) is 64.1 Å². The lowest BCUT2D eigenvalue weighted by molar-refractivity contribution is 0.284. The predicted molar refractivity (Wildman–Crippen MR) is 141 cm³/mol. The van der Waals surface area contributed by atoms with Crippen molar-refractivity contribution in [3.05, 3.63) is 77.2 Å². The first-order valence-corrected chi connectivity index (χ1v) is 10.9. The number of ether oxygens (including phenoxy) is 2. The molecular weight excluding hydrogens is 531 g/mol. The molecule has 7 nitrogen and oxygen atoms in total. The van der Waals surface area contributed by atoms with Crippen molar-refractivity contribution >= 4 is 29.9 Å². The van der Waals surface area contributed by atoms with E-state index < -0.39 is 0 Å². The topological polar surface area (TPSA) is 80.9 Å². The Hall–Kier alpha value is -2.75. The fraction of sp³-hybridized carbons (Fsp3) is 0.360. The van der Waals surface area contributed by atoms with Gasteiger partial charge in [0.1, 0.15) is 6.61 Å². The van der Waals surface area contributed by atoms with E-state index >= 15 is 0 Å². The number of methoxy groups -OCH3 is 1. The Morgan fingerprint density at radius 2 is 1.82 bits per heavy atom. The van der Waals surface area contributed by atoms with Crippen LogP contribution in [0, 0.1) is 0 Å². The van der Waals surface area contributed by atoms with Crippen LogP contribution >= 0.6 is 24.0 Å². The van der Waals surface area contributed by atoms with Crippen molar-refractivity contribution in [3.63, 3.8) is 0 Å². The highest BCUT2D eigenvalue weighted by molar-refractivity contribution is 14.0. The van der Waals surface area contributed by atoms with Crippen molar-refractivity contribution < 1.29 is 14.0 Å². The van der Waals surface area contributed by atoms with E-state index in [-0.39, 0.29) is 24.0 Å². The second-order valence-electron chi connectivity index (χ2n) is 7.68. The van der Waals surface area contributed by atoms with Crippen molar-refractivity contribution in [2.75, 3.05) is 13.7 Å². The maximum atomic E-state index is 5.94. The standard InChI is InChI=1S/C25H32N4O3.HI/c1-5-26-25(28-16-21-14-22(18(2)3)29-32-21)27-15-20-11-12-23(24(13-20)30-4)31-17-19-9-7-6-8-10-19;/h6-14,18H,5,15-17H2,1-4H3,(H2,26,27,28);1H. The molecule has 8 heteroatoms. The maximum Gasteiger partial charge on any atom is 0.191 e. The first-order chi connectivity index (χ1) is 15.6. The van der Waals surface area contributed by atoms with Crippen LogP contribution in [0.5, 0.6) is 11.5 Å². The fourth-order valence-electron chi connectivity index (χ4n) is 3.03. The van der Waals surface area contributed by atoms with Gasteiger partial charge in [0, 0.05) is 12.6 Å². The summed E-state index contributed by atoms with van der Waals surface area (Å²) in [5.74, 6) is 3.22. The Bertz CT molecular complexity index is 1010. The monoisotopic (exact) mass is 564 g/mol. The van der Waals surface area contributed by atoms with Crippen LogP contribution in [0.3, 0.4) is 0 Å². The van der Waals surface area contributed by atoms with Crippen LogP contribution < -0.4 is 20.1 Å². The van der Waals surface area contributed by atoms with Gasteiger partial charge in [0.05, 0.1) is 25.9 Å². The van der Waals surface area contributed by atoms with Gasteiger partial charge >= 0.3 is 0 Å². The highest BCUT2D eigenvalue weighted by Gasteiger charge is 2.09. The minimum Gasteiger partial charge on any atom is -0.493 e. The number of benzene rings is 2. The quantitative estimate of drug-likeness (QED) is 0.199. The Balaban J connectivity index is 0.00000385. The maximum absolute atomic E-state index is 5.94. The third-order valence-electron chi connectivity index (χ3n) is 4.83. The van der Waals surface area contributed by atoms with E-state index in [1.54, 1.807) is 7.11 Å². The van der Waals surface area contributed by atoms with Gasteiger partial charge in [0.15, 0.2) is 23.2 Å². The third kappa shape index (κ3) is 8.27. The van der Waals surface area contributed by atoms with Gasteiger partial charge in [-0.1, -0.05) is 55.4 Å². The Labute approximate surface area is 213 Å². The summed E-state index contributed by atoms with van der Waals surface area (Å²) >= 11 is 0. The van der Waals surface area contributed by atoms with E-state index in [1.165, 1.54) is 0 Å². The zero-order valence-electron chi connectivity index (χ0n) is 19.6. The fourth-order valence-corrected chi connectivity index (χ4v) is 3.03. The molecule has 0 fully saturated rings. The van der Waals surface area contributed by atoms with Crippen LogP contribution in [0.1, 0.15) is 49.3 Å². The Morgan fingerprint density at radius 3 is 2.48 bits per heavy atom. The van der Waals surface area contributed by atoms with E-state index in [0.29, 0.717) is 43.1 Å². The molecule has 0 amide bonds. The molecule has 0 aliphatic carbocycles. The van der Waals surface area contributed by atoms with E-state index in [1.807, 2.05) is 61.5 Å². The second kappa shape index (κ2) is 13.7. The molecule has 0 saturated heterocycles. The number of nitrogens with one attached hydrogen (secondary N) is 2. The molecule has 3 rings (SSSR count). The number of rotatable bonds is 10. The second-order valence-corrected chi connectivity index (χ2v) is 7.68. The molecule has 0 saturated carbocycles. The largest absolute Gasteiger partial charge is 0.493 e. The van der Waals surface area contributed by atoms with Gasteiger partial charge in [-0.15, -0.1) is 24.0 Å². The molecule has 0 aliphatic heterocycles. The average molecular weight is 564 g/mol. The van der Waals surface area contributed by atoms with E-state index in [9.17, 15) is 0 Å². The van der Waals surface area contributed by atoms with E-state index in [0.717, 1.165) is 29.1 Å². The molecule has 2 aromatic carbocycles. The van der Waals surface area contributed by atoms with Crippen LogP contribution in [0.25, 0.3) is 0 Å². The lowest BCUT2D eigenvalue weighted by atomic mass is 10.1. The molecular formula is C25H33IN4O3. The van der Waals surface area contributed by atoms with Crippen molar-refractivity contribution in [3.8, 4) is 11.5 Å². The number of halogens is 1. The van der Waals surface area contributed by atoms with Gasteiger partial charge in [0.25, 0.3) is 0 Å². The van der Waals surface area contributed by atoms with Gasteiger partial charge < -0.3 is 24.6 Å². The molecule has 1 heterocycles. The normalized spacial score (nSPS) is 11.1. The zero-order valence-corrected chi connectivity index (χ0v) is 22.0. The van der Waals surface area contributed by atoms with Crippen LogP contribution in [0.2, 0.25) is 0 Å². The summed E-state index contributed by atoms with van der Waals surface area (Å²) in [7, 11) is 1.65. The minimum atomic E-state index is 0. The average Bonchev–Trinajstić information content (AvgIpc) is 3.30. The first-order valence-electron chi connectivity index (χ1n) is 10.9. The van der Waals surface area contributed by atoms with Crippen molar-refractivity contribution in [2.24, 2.45) is 4.99 Å². The highest BCUT2D eigenvalue weighted by Crippen LogP contribution is 2.29. The molecule has 178 valence electrons. The van der Waals surface area contributed by atoms with Gasteiger partial charge in [-0.2, -0.15) is 0 Å². The molecule has 2 N–H and O–H groups in total. The molecule has 0 aliphatic rings. The Kier molecular flexibility index (Phi) is 11.0. The van der Waals surface area contributed by atoms with Gasteiger partial charge in [-0.25, -0.2) is 4.99 Å². The smallest absolute Gasteiger partial charge is 0.191 e. The van der Waals surface area contributed by atoms with Gasteiger partial charge in [-0.3, -0.25) is 0 Å². The van der Waals surface area contributed by atoms with Crippen LogP contribution in [-0.2, 0) is 19.7 Å². The van der Waals surface area contributed by atoms with Crippen molar-refractivity contribution in [1.29, 1.82) is 0 Å². The SMILES string of the molecule is CCNC(=NCc1ccc(OCc2ccccc2)c(OC)c1)NCc1cc(C(C)C)no1.I. The van der Waals surface area contributed by atoms with Crippen molar-refractivity contribution in [1.82, 2.24) is 15.8 Å². The summed E-state index contributed by atoms with van der Waals surface area (Å²) in [6, 6.07) is 17.9. The van der Waals surface area contributed by atoms with Crippen molar-refractivity contribution in [2.45, 2.75) is 46.4 Å². The molecule has 33 heavy (non-hydrogen) atoms. The van der Waals surface area contributed by atoms with Crippen LogP contribution in [0.4, 0.5) is 0 Å². The molecule has 0 atom stereocenters. The molecule has 0 radical (unpaired) electrons. The van der Waals surface area contributed by atoms with Gasteiger partial charge in [-0.05, 0) is 36.1 Å². The lowest BCUT2D eigenvalue weighted by Gasteiger charge is -2.13. The summed E-state index contributed by atoms with van der Waals surface area (Å²) in [5.41, 5.74) is 3.08. The first kappa shape index (κ1) is 26.5. The highest BCUT2D eigenvalue weighted by atomic mass is 127. The number of aliphatic imine (C=N–C) groups is 1. The third-order valence-corrected chi connectivity index (χ3v) is 4.83. The Morgan fingerprint density at radius 1 is 1.03 bits per heavy atom. The number of nitrogens with zero attached hydrogens (tertiary/aromatic N) is 2. The van der Waals surface area contributed by atoms with E-state index in [4.69, 9.17) is 14.0 Å². The lowest BCUT2D eigenvalue weighted by Crippen LogP contribution is -2.36. The summed E-state index contributed by atoms with van der Waals surface area (Å²) in [6.07, 6.45) is 0. The van der Waals surface area contributed by atoms with Crippen LogP contribution in [-0.4, -0.2) is 24.8 Å². The molecule has 0 spiro atoms. The predicted octanol–water partition coefficient (Wildman–Crippen LogP) is 5.26. The molecule has 0 bridgehead atoms. The molecule has 0 unspecified atom stereocenters. The molecule has 1 aromatic heterocycles. The molecule has 3 aromatic rings. The minimum absolute atomic E-state index is 0. The summed E-state index contributed by atoms with van der Waals surface area (Å²) in [4.78, 5) is 4.68.